The summed E-state index contributed by atoms with van der Waals surface area (Å²) in [6.45, 7) is 11.0. The van der Waals surface area contributed by atoms with E-state index in [4.69, 9.17) is 23.7 Å². The van der Waals surface area contributed by atoms with Gasteiger partial charge < -0.3 is 74.3 Å². The number of ether oxygens (including phenoxy) is 5. The molecule has 0 bridgehead atoms. The molecule has 6 amide bonds. The van der Waals surface area contributed by atoms with Crippen molar-refractivity contribution < 1.29 is 72.9 Å². The number of urea groups is 1. The predicted octanol–water partition coefficient (Wildman–Crippen LogP) is 1.18. The van der Waals surface area contributed by atoms with Crippen LogP contribution in [0.1, 0.15) is 56.1 Å². The number of benzene rings is 3. The lowest BCUT2D eigenvalue weighted by Gasteiger charge is -2.49. The molecular formula is C56H74N8O15. The first-order valence-electron chi connectivity index (χ1n) is 26.7. The highest BCUT2D eigenvalue weighted by Crippen LogP contribution is 2.43. The zero-order valence-corrected chi connectivity index (χ0v) is 45.9. The van der Waals surface area contributed by atoms with E-state index in [1.807, 2.05) is 44.2 Å². The lowest BCUT2D eigenvalue weighted by molar-refractivity contribution is -0.332. The van der Waals surface area contributed by atoms with Crippen molar-refractivity contribution in [1.82, 2.24) is 24.9 Å². The van der Waals surface area contributed by atoms with Gasteiger partial charge in [0, 0.05) is 83.3 Å². The van der Waals surface area contributed by atoms with Crippen LogP contribution in [0, 0.1) is 5.92 Å². The van der Waals surface area contributed by atoms with Crippen LogP contribution in [-0.4, -0.2) is 230 Å². The summed E-state index contributed by atoms with van der Waals surface area (Å²) in [6, 6.07) is 19.1. The Bertz CT molecular complexity index is 2710. The fourth-order valence-corrected chi connectivity index (χ4v) is 10.7. The highest BCUT2D eigenvalue weighted by molar-refractivity contribution is 6.44. The molecule has 5 aliphatic rings. The number of fused-ring (bicyclic) bond motifs is 1. The van der Waals surface area contributed by atoms with E-state index in [0.717, 1.165) is 31.1 Å². The number of likely N-dealkylation sites (N-methyl/N-ethyl adjacent to an activating group) is 2. The van der Waals surface area contributed by atoms with Crippen LogP contribution in [0.3, 0.4) is 0 Å². The number of anilines is 3. The zero-order chi connectivity index (χ0) is 57.0. The third kappa shape index (κ3) is 12.8. The van der Waals surface area contributed by atoms with Crippen molar-refractivity contribution in [1.29, 1.82) is 0 Å². The topological polar surface area (TPSA) is 273 Å². The fraction of sp³-hybridized carbons (Fsp3) is 0.536. The number of aliphatic hydroxyl groups is 4. The summed E-state index contributed by atoms with van der Waals surface area (Å²) < 4.78 is 29.4. The molecule has 0 aliphatic carbocycles. The second kappa shape index (κ2) is 25.4. The summed E-state index contributed by atoms with van der Waals surface area (Å²) in [6.07, 6.45) is -13.7. The number of hydrogen-bond donors (Lipinski definition) is 6. The first kappa shape index (κ1) is 58.8. The van der Waals surface area contributed by atoms with E-state index < -0.39 is 104 Å². The van der Waals surface area contributed by atoms with Gasteiger partial charge in [0.25, 0.3) is 11.8 Å². The van der Waals surface area contributed by atoms with Gasteiger partial charge in [0.15, 0.2) is 12.4 Å². The quantitative estimate of drug-likeness (QED) is 0.0921. The maximum atomic E-state index is 15.1. The van der Waals surface area contributed by atoms with E-state index in [2.05, 4.69) is 27.5 Å². The molecule has 0 saturated carbocycles. The van der Waals surface area contributed by atoms with Gasteiger partial charge in [-0.2, -0.15) is 0 Å². The van der Waals surface area contributed by atoms with Crippen LogP contribution in [0.25, 0.3) is 11.3 Å². The number of carbonyl (C=O) groups is 6. The number of esters is 1. The minimum absolute atomic E-state index is 0.0522. The summed E-state index contributed by atoms with van der Waals surface area (Å²) in [7, 11) is 5.01. The van der Waals surface area contributed by atoms with Gasteiger partial charge in [0.05, 0.1) is 61.0 Å². The first-order chi connectivity index (χ1) is 37.7. The highest BCUT2D eigenvalue weighted by Gasteiger charge is 2.55. The second-order valence-corrected chi connectivity index (χ2v) is 21.2. The van der Waals surface area contributed by atoms with Gasteiger partial charge in [-0.1, -0.05) is 50.2 Å². The number of methoxy groups -OCH3 is 1. The fourth-order valence-electron chi connectivity index (χ4n) is 10.7. The van der Waals surface area contributed by atoms with Crippen molar-refractivity contribution in [3.63, 3.8) is 0 Å². The molecule has 0 radical (unpaired) electrons. The van der Waals surface area contributed by atoms with Crippen molar-refractivity contribution in [2.45, 2.75) is 102 Å². The van der Waals surface area contributed by atoms with Gasteiger partial charge in [0.2, 0.25) is 11.8 Å². The molecule has 0 spiro atoms. The molecule has 4 fully saturated rings. The molecule has 5 aliphatic heterocycles. The highest BCUT2D eigenvalue weighted by atomic mass is 16.7. The lowest BCUT2D eigenvalue weighted by atomic mass is 9.87. The second-order valence-electron chi connectivity index (χ2n) is 21.2. The summed E-state index contributed by atoms with van der Waals surface area (Å²) in [5, 5.41) is 50.8. The SMILES string of the molecule is COC(=O)c1ccc2c(c1)N(C(=O)N1CCN(C(=O)C3OC(OC4C(O)C(CO)OC(C(C)C)C4NC(C)=O)C(O)C(O)C3OC(C)C)CC1)C(=O)/C2=C(\Nc1ccc(N(C)C(=O)CN2CCN(C)CC2)cc1)c1ccccc1. The number of piperazine rings is 2. The van der Waals surface area contributed by atoms with E-state index in [1.54, 1.807) is 56.1 Å². The molecule has 10 atom stereocenters. The summed E-state index contributed by atoms with van der Waals surface area (Å²) in [5.41, 5.74) is 2.92. The Labute approximate surface area is 459 Å². The molecular weight excluding hydrogens is 1020 g/mol. The molecule has 3 aromatic rings. The Balaban J connectivity index is 1.03. The van der Waals surface area contributed by atoms with E-state index in [1.165, 1.54) is 36.0 Å². The molecule has 5 heterocycles. The van der Waals surface area contributed by atoms with E-state index >= 15 is 4.79 Å². The van der Waals surface area contributed by atoms with E-state index in [-0.39, 0.29) is 61.4 Å². The van der Waals surface area contributed by atoms with Gasteiger partial charge >= 0.3 is 12.0 Å². The van der Waals surface area contributed by atoms with Crippen molar-refractivity contribution in [3.8, 4) is 0 Å². The third-order valence-electron chi connectivity index (χ3n) is 15.0. The standard InChI is InChI=1S/C56H74N8O15/c1-31(2)48-44(57-33(5)66)49(45(68)40(30-65)77-48)78-55-47(70)46(69)50(76-32(3)4)51(79-55)53(72)62-24-26-63(27-25-62)56(74)64-39-28-35(54(73)75-8)14-19-38(39)42(52(64)71)43(34-12-10-9-11-13-34)58-36-15-17-37(18-16-36)60(7)41(67)29-61-22-20-59(6)21-23-61/h9-19,28,31-32,40,44-51,55,58,65,68-70H,20-27,29-30H2,1-8H3,(H,57,66)/b43-42-. The first-order valence-corrected chi connectivity index (χ1v) is 26.7. The molecule has 23 heteroatoms. The maximum Gasteiger partial charge on any atom is 0.337 e. The minimum atomic E-state index is -1.82. The average molecular weight is 1100 g/mol. The molecule has 10 unspecified atom stereocenters. The van der Waals surface area contributed by atoms with Crippen molar-refractivity contribution >= 4 is 64.0 Å². The van der Waals surface area contributed by atoms with Crippen LogP contribution in [-0.2, 0) is 42.9 Å². The van der Waals surface area contributed by atoms with Crippen LogP contribution in [0.5, 0.6) is 0 Å². The van der Waals surface area contributed by atoms with Gasteiger partial charge in [-0.15, -0.1) is 0 Å². The van der Waals surface area contributed by atoms with Gasteiger partial charge in [-0.25, -0.2) is 14.5 Å². The van der Waals surface area contributed by atoms with Gasteiger partial charge in [-0.05, 0) is 68.8 Å². The summed E-state index contributed by atoms with van der Waals surface area (Å²) in [4.78, 5) is 93.2. The Kier molecular flexibility index (Phi) is 18.9. The van der Waals surface area contributed by atoms with Crippen molar-refractivity contribution in [2.75, 3.05) is 102 Å². The van der Waals surface area contributed by atoms with Crippen LogP contribution >= 0.6 is 0 Å². The largest absolute Gasteiger partial charge is 0.465 e. The number of hydrogen-bond acceptors (Lipinski definition) is 18. The van der Waals surface area contributed by atoms with Gasteiger partial charge in [0.1, 0.15) is 36.6 Å². The van der Waals surface area contributed by atoms with Crippen LogP contribution < -0.4 is 20.4 Å². The van der Waals surface area contributed by atoms with Crippen molar-refractivity contribution in [2.24, 2.45) is 5.92 Å². The Morgan fingerprint density at radius 2 is 1.46 bits per heavy atom. The molecule has 0 aromatic heterocycles. The summed E-state index contributed by atoms with van der Waals surface area (Å²) >= 11 is 0. The van der Waals surface area contributed by atoms with E-state index in [0.29, 0.717) is 28.2 Å². The Morgan fingerprint density at radius 1 is 0.797 bits per heavy atom. The Morgan fingerprint density at radius 3 is 2.06 bits per heavy atom. The molecule has 8 rings (SSSR count). The van der Waals surface area contributed by atoms with E-state index in [9.17, 15) is 44.4 Å². The summed E-state index contributed by atoms with van der Waals surface area (Å²) in [5.74, 6) is -2.85. The normalized spacial score (nSPS) is 27.4. The van der Waals surface area contributed by atoms with Crippen LogP contribution in [0.2, 0.25) is 0 Å². The number of amides is 6. The maximum absolute atomic E-state index is 15.1. The number of nitrogens with one attached hydrogen (secondary N) is 2. The molecule has 79 heavy (non-hydrogen) atoms. The van der Waals surface area contributed by atoms with Crippen LogP contribution in [0.15, 0.2) is 72.8 Å². The number of rotatable bonds is 15. The zero-order valence-electron chi connectivity index (χ0n) is 45.9. The molecule has 6 N–H and O–H groups in total. The average Bonchev–Trinajstić information content (AvgIpc) is 3.98. The lowest BCUT2D eigenvalue weighted by Crippen LogP contribution is -2.69. The monoisotopic (exact) mass is 1100 g/mol. The minimum Gasteiger partial charge on any atom is -0.465 e. The number of imide groups is 1. The predicted molar refractivity (Wildman–Crippen MR) is 289 cm³/mol. The number of carbonyl (C=O) groups excluding carboxylic acids is 6. The Hall–Kier alpha value is -6.38. The third-order valence-corrected chi connectivity index (χ3v) is 15.0. The number of nitrogens with zero attached hydrogens (tertiary/aromatic N) is 6. The van der Waals surface area contributed by atoms with Crippen molar-refractivity contribution in [3.05, 3.63) is 89.5 Å². The van der Waals surface area contributed by atoms with Crippen LogP contribution in [0.4, 0.5) is 21.9 Å². The van der Waals surface area contributed by atoms with Gasteiger partial charge in [-0.3, -0.25) is 24.1 Å². The smallest absolute Gasteiger partial charge is 0.337 e. The molecule has 23 nitrogen and oxygen atoms in total. The molecule has 3 aromatic carbocycles. The number of aliphatic hydroxyl groups excluding tert-OH is 4. The molecule has 4 saturated heterocycles. The molecule has 428 valence electrons.